The van der Waals surface area contributed by atoms with Gasteiger partial charge in [0.25, 0.3) is 0 Å². The first kappa shape index (κ1) is 14.8. The SMILES string of the molecule is CC1CCCC(NC(=O)CCC2CCCCN2)CC1. The minimum absolute atomic E-state index is 0.270. The van der Waals surface area contributed by atoms with E-state index in [9.17, 15) is 4.79 Å². The van der Waals surface area contributed by atoms with Gasteiger partial charge in [-0.15, -0.1) is 0 Å². The Bertz CT molecular complexity index is 274. The minimum atomic E-state index is 0.270. The van der Waals surface area contributed by atoms with Crippen LogP contribution in [0.4, 0.5) is 0 Å². The van der Waals surface area contributed by atoms with Crippen LogP contribution in [0.25, 0.3) is 0 Å². The summed E-state index contributed by atoms with van der Waals surface area (Å²) in [6.45, 7) is 3.46. The predicted molar refractivity (Wildman–Crippen MR) is 79.1 cm³/mol. The molecule has 1 aliphatic carbocycles. The molecule has 2 rings (SSSR count). The second-order valence-electron chi connectivity index (χ2n) is 6.56. The zero-order valence-corrected chi connectivity index (χ0v) is 12.4. The van der Waals surface area contributed by atoms with Crippen LogP contribution in [0.2, 0.25) is 0 Å². The van der Waals surface area contributed by atoms with E-state index in [2.05, 4.69) is 17.6 Å². The number of hydrogen-bond acceptors (Lipinski definition) is 2. The van der Waals surface area contributed by atoms with Crippen molar-refractivity contribution in [3.63, 3.8) is 0 Å². The van der Waals surface area contributed by atoms with Crippen LogP contribution in [0.5, 0.6) is 0 Å². The fourth-order valence-electron chi connectivity index (χ4n) is 3.41. The van der Waals surface area contributed by atoms with Crippen molar-refractivity contribution in [3.05, 3.63) is 0 Å². The Hall–Kier alpha value is -0.570. The highest BCUT2D eigenvalue weighted by Gasteiger charge is 2.19. The summed E-state index contributed by atoms with van der Waals surface area (Å²) in [6.07, 6.45) is 11.8. The Kier molecular flexibility index (Phi) is 6.15. The van der Waals surface area contributed by atoms with Gasteiger partial charge in [0.2, 0.25) is 5.91 Å². The third-order valence-corrected chi connectivity index (χ3v) is 4.75. The second kappa shape index (κ2) is 7.88. The van der Waals surface area contributed by atoms with E-state index >= 15 is 0 Å². The molecule has 1 saturated carbocycles. The second-order valence-corrected chi connectivity index (χ2v) is 6.56. The van der Waals surface area contributed by atoms with Gasteiger partial charge in [0, 0.05) is 18.5 Å². The van der Waals surface area contributed by atoms with Crippen LogP contribution in [-0.2, 0) is 4.79 Å². The van der Waals surface area contributed by atoms with Gasteiger partial charge in [-0.25, -0.2) is 0 Å². The number of carbonyl (C=O) groups is 1. The van der Waals surface area contributed by atoms with Crippen LogP contribution in [0, 0.1) is 5.92 Å². The Labute approximate surface area is 117 Å². The van der Waals surface area contributed by atoms with Crippen molar-refractivity contribution in [2.75, 3.05) is 6.54 Å². The highest BCUT2D eigenvalue weighted by atomic mass is 16.1. The summed E-state index contributed by atoms with van der Waals surface area (Å²) in [5.41, 5.74) is 0. The van der Waals surface area contributed by atoms with E-state index in [0.717, 1.165) is 18.9 Å². The molecule has 1 aliphatic heterocycles. The molecule has 2 N–H and O–H groups in total. The lowest BCUT2D eigenvalue weighted by atomic mass is 10.00. The molecule has 3 heteroatoms. The van der Waals surface area contributed by atoms with E-state index in [1.54, 1.807) is 0 Å². The maximum atomic E-state index is 12.0. The van der Waals surface area contributed by atoms with Crippen molar-refractivity contribution < 1.29 is 4.79 Å². The number of nitrogens with one attached hydrogen (secondary N) is 2. The Morgan fingerprint density at radius 3 is 2.79 bits per heavy atom. The summed E-state index contributed by atoms with van der Waals surface area (Å²) in [6, 6.07) is 1.02. The molecule has 0 aromatic heterocycles. The third kappa shape index (κ3) is 5.52. The van der Waals surface area contributed by atoms with E-state index in [0.29, 0.717) is 18.5 Å². The van der Waals surface area contributed by atoms with Crippen LogP contribution in [-0.4, -0.2) is 24.5 Å². The topological polar surface area (TPSA) is 41.1 Å². The molecule has 1 amide bonds. The third-order valence-electron chi connectivity index (χ3n) is 4.75. The average molecular weight is 266 g/mol. The van der Waals surface area contributed by atoms with E-state index in [1.807, 2.05) is 0 Å². The normalized spacial score (nSPS) is 32.6. The van der Waals surface area contributed by atoms with Crippen molar-refractivity contribution in [3.8, 4) is 0 Å². The minimum Gasteiger partial charge on any atom is -0.353 e. The monoisotopic (exact) mass is 266 g/mol. The molecule has 110 valence electrons. The molecule has 3 nitrogen and oxygen atoms in total. The quantitative estimate of drug-likeness (QED) is 0.768. The van der Waals surface area contributed by atoms with Gasteiger partial charge in [-0.3, -0.25) is 4.79 Å². The van der Waals surface area contributed by atoms with Gasteiger partial charge >= 0.3 is 0 Å². The van der Waals surface area contributed by atoms with E-state index in [4.69, 9.17) is 0 Å². The molecule has 0 bridgehead atoms. The maximum absolute atomic E-state index is 12.0. The molecular formula is C16H30N2O. The summed E-state index contributed by atoms with van der Waals surface area (Å²) in [7, 11) is 0. The number of rotatable bonds is 4. The van der Waals surface area contributed by atoms with E-state index in [-0.39, 0.29) is 5.91 Å². The molecule has 0 aromatic rings. The molecule has 1 heterocycles. The fourth-order valence-corrected chi connectivity index (χ4v) is 3.41. The van der Waals surface area contributed by atoms with Crippen molar-refractivity contribution in [2.45, 2.75) is 83.2 Å². The van der Waals surface area contributed by atoms with Crippen LogP contribution in [0.15, 0.2) is 0 Å². The van der Waals surface area contributed by atoms with Crippen molar-refractivity contribution in [2.24, 2.45) is 5.92 Å². The number of amides is 1. The fraction of sp³-hybridized carbons (Fsp3) is 0.938. The van der Waals surface area contributed by atoms with Crippen molar-refractivity contribution in [1.29, 1.82) is 0 Å². The van der Waals surface area contributed by atoms with Crippen molar-refractivity contribution >= 4 is 5.91 Å². The van der Waals surface area contributed by atoms with Crippen LogP contribution in [0.3, 0.4) is 0 Å². The zero-order valence-electron chi connectivity index (χ0n) is 12.4. The molecule has 19 heavy (non-hydrogen) atoms. The molecule has 0 radical (unpaired) electrons. The van der Waals surface area contributed by atoms with Gasteiger partial charge in [0.05, 0.1) is 0 Å². The molecule has 2 fully saturated rings. The lowest BCUT2D eigenvalue weighted by molar-refractivity contribution is -0.122. The first-order valence-electron chi connectivity index (χ1n) is 8.27. The maximum Gasteiger partial charge on any atom is 0.220 e. The lowest BCUT2D eigenvalue weighted by Gasteiger charge is -2.23. The van der Waals surface area contributed by atoms with Crippen LogP contribution in [0.1, 0.15) is 71.1 Å². The zero-order chi connectivity index (χ0) is 13.5. The summed E-state index contributed by atoms with van der Waals surface area (Å²) in [5.74, 6) is 1.11. The summed E-state index contributed by atoms with van der Waals surface area (Å²) >= 11 is 0. The number of piperidine rings is 1. The number of hydrogen-bond donors (Lipinski definition) is 2. The van der Waals surface area contributed by atoms with Gasteiger partial charge in [-0.05, 0) is 51.0 Å². The Balaban J connectivity index is 1.63. The summed E-state index contributed by atoms with van der Waals surface area (Å²) in [5, 5.41) is 6.77. The standard InChI is InChI=1S/C16H30N2O/c1-13-5-4-7-15(9-8-13)18-16(19)11-10-14-6-2-3-12-17-14/h13-15,17H,2-12H2,1H3,(H,18,19). The molecule has 2 aliphatic rings. The molecule has 0 spiro atoms. The Morgan fingerprint density at radius 1 is 1.11 bits per heavy atom. The van der Waals surface area contributed by atoms with Gasteiger partial charge < -0.3 is 10.6 Å². The first-order valence-corrected chi connectivity index (χ1v) is 8.27. The van der Waals surface area contributed by atoms with Crippen molar-refractivity contribution in [1.82, 2.24) is 10.6 Å². The largest absolute Gasteiger partial charge is 0.353 e. The molecule has 3 atom stereocenters. The molecule has 1 saturated heterocycles. The molecular weight excluding hydrogens is 236 g/mol. The van der Waals surface area contributed by atoms with E-state index in [1.165, 1.54) is 51.4 Å². The smallest absolute Gasteiger partial charge is 0.220 e. The predicted octanol–water partition coefficient (Wildman–Crippen LogP) is 2.99. The first-order chi connectivity index (χ1) is 9.24. The lowest BCUT2D eigenvalue weighted by Crippen LogP contribution is -2.37. The van der Waals surface area contributed by atoms with Crippen LogP contribution < -0.4 is 10.6 Å². The summed E-state index contributed by atoms with van der Waals surface area (Å²) < 4.78 is 0. The van der Waals surface area contributed by atoms with Crippen LogP contribution >= 0.6 is 0 Å². The average Bonchev–Trinajstić information content (AvgIpc) is 2.63. The molecule has 3 unspecified atom stereocenters. The van der Waals surface area contributed by atoms with Gasteiger partial charge in [-0.1, -0.05) is 26.2 Å². The highest BCUT2D eigenvalue weighted by molar-refractivity contribution is 5.76. The summed E-state index contributed by atoms with van der Waals surface area (Å²) in [4.78, 5) is 12.0. The van der Waals surface area contributed by atoms with Gasteiger partial charge in [0.15, 0.2) is 0 Å². The molecule has 0 aromatic carbocycles. The number of carbonyl (C=O) groups excluding carboxylic acids is 1. The van der Waals surface area contributed by atoms with Gasteiger partial charge in [-0.2, -0.15) is 0 Å². The van der Waals surface area contributed by atoms with E-state index < -0.39 is 0 Å². The highest BCUT2D eigenvalue weighted by Crippen LogP contribution is 2.22. The van der Waals surface area contributed by atoms with Gasteiger partial charge in [0.1, 0.15) is 0 Å². The Morgan fingerprint density at radius 2 is 2.00 bits per heavy atom.